The second-order valence-corrected chi connectivity index (χ2v) is 13.8. The summed E-state index contributed by atoms with van der Waals surface area (Å²) in [5.41, 5.74) is 12.3. The highest BCUT2D eigenvalue weighted by Gasteiger charge is 2.30. The van der Waals surface area contributed by atoms with Crippen LogP contribution in [0.5, 0.6) is 0 Å². The zero-order valence-corrected chi connectivity index (χ0v) is 36.1. The zero-order chi connectivity index (χ0) is 44.9. The van der Waals surface area contributed by atoms with Gasteiger partial charge in [-0.15, -0.1) is 0 Å². The Kier molecular flexibility index (Phi) is 33.0. The number of carbonyl (C=O) groups excluding carboxylic acids is 5. The molecule has 350 valence electrons. The molecule has 0 saturated heterocycles. The molecule has 1 rings (SSSR count). The quantitative estimate of drug-likeness (QED) is 0.0375. The van der Waals surface area contributed by atoms with Gasteiger partial charge in [0, 0.05) is 32.3 Å². The lowest BCUT2D eigenvalue weighted by Crippen LogP contribution is -2.57. The molecule has 10 N–H and O–H groups in total. The van der Waals surface area contributed by atoms with Crippen molar-refractivity contribution in [2.75, 3.05) is 125 Å². The van der Waals surface area contributed by atoms with E-state index in [-0.39, 0.29) is 57.4 Å². The number of nitrogens with two attached hydrogens (primary N) is 2. The average molecular weight is 874 g/mol. The number of aliphatic hydroxyl groups is 1. The van der Waals surface area contributed by atoms with E-state index in [1.165, 1.54) is 0 Å². The predicted octanol–water partition coefficient (Wildman–Crippen LogP) is -0.822. The first-order chi connectivity index (χ1) is 29.5. The number of anilines is 1. The number of rotatable bonds is 39. The lowest BCUT2D eigenvalue weighted by molar-refractivity contribution is -0.132. The molecule has 0 heterocycles. The summed E-state index contributed by atoms with van der Waals surface area (Å²) in [6.07, 6.45) is 0.683. The van der Waals surface area contributed by atoms with Crippen molar-refractivity contribution in [2.24, 2.45) is 17.4 Å². The molecule has 21 nitrogen and oxygen atoms in total. The van der Waals surface area contributed by atoms with Crippen LogP contribution in [0.4, 0.5) is 10.5 Å². The summed E-state index contributed by atoms with van der Waals surface area (Å²) in [7, 11) is 1.63. The third kappa shape index (κ3) is 29.8. The molecule has 1 aromatic rings. The molecule has 0 aliphatic heterocycles. The molecule has 61 heavy (non-hydrogen) atoms. The molecule has 6 amide bonds. The van der Waals surface area contributed by atoms with Crippen LogP contribution in [0.2, 0.25) is 0 Å². The summed E-state index contributed by atoms with van der Waals surface area (Å²) in [5, 5.41) is 22.5. The Morgan fingerprint density at radius 2 is 1.11 bits per heavy atom. The van der Waals surface area contributed by atoms with Crippen LogP contribution in [0.15, 0.2) is 24.3 Å². The van der Waals surface area contributed by atoms with Crippen molar-refractivity contribution in [3.8, 4) is 0 Å². The SMILES string of the molecule is COCCOCCOCCOCCOCCOCCOCCOCCC(=O)NCC[C@H](N)C(=O)N[C@H](C(=O)N[C@@H](CCCNC(N)=O)C(=O)Nc1ccc(CO)cc1)C(C)C. The van der Waals surface area contributed by atoms with Gasteiger partial charge in [0.25, 0.3) is 0 Å². The Hall–Kier alpha value is -4.03. The van der Waals surface area contributed by atoms with Gasteiger partial charge >= 0.3 is 6.03 Å². The van der Waals surface area contributed by atoms with E-state index in [1.807, 2.05) is 0 Å². The number of aliphatic hydroxyl groups excluding tert-OH is 1. The molecule has 3 atom stereocenters. The van der Waals surface area contributed by atoms with E-state index in [1.54, 1.807) is 45.2 Å². The average Bonchev–Trinajstić information content (AvgIpc) is 3.23. The molecule has 0 saturated carbocycles. The van der Waals surface area contributed by atoms with Crippen LogP contribution < -0.4 is 38.1 Å². The molecule has 0 unspecified atom stereocenters. The van der Waals surface area contributed by atoms with Crippen molar-refractivity contribution in [2.45, 2.75) is 64.3 Å². The van der Waals surface area contributed by atoms with Crippen LogP contribution in [-0.4, -0.2) is 172 Å². The minimum atomic E-state index is -1.03. The predicted molar refractivity (Wildman–Crippen MR) is 224 cm³/mol. The zero-order valence-electron chi connectivity index (χ0n) is 36.1. The summed E-state index contributed by atoms with van der Waals surface area (Å²) in [5.74, 6) is -2.37. The van der Waals surface area contributed by atoms with Crippen molar-refractivity contribution in [3.05, 3.63) is 29.8 Å². The molecule has 0 aliphatic carbocycles. The number of hydrogen-bond donors (Lipinski definition) is 8. The second-order valence-electron chi connectivity index (χ2n) is 13.8. The van der Waals surface area contributed by atoms with Gasteiger partial charge in [0.1, 0.15) is 12.1 Å². The van der Waals surface area contributed by atoms with Crippen molar-refractivity contribution in [1.29, 1.82) is 0 Å². The molecule has 21 heteroatoms. The highest BCUT2D eigenvalue weighted by molar-refractivity contribution is 5.98. The third-order valence-corrected chi connectivity index (χ3v) is 8.50. The number of primary amides is 1. The van der Waals surface area contributed by atoms with E-state index in [0.717, 1.165) is 0 Å². The fraction of sp³-hybridized carbons (Fsp3) is 0.725. The van der Waals surface area contributed by atoms with Crippen molar-refractivity contribution >= 4 is 35.3 Å². The van der Waals surface area contributed by atoms with Gasteiger partial charge in [-0.3, -0.25) is 19.2 Å². The number of carbonyl (C=O) groups is 5. The van der Waals surface area contributed by atoms with E-state index < -0.39 is 41.9 Å². The molecule has 0 fully saturated rings. The highest BCUT2D eigenvalue weighted by atomic mass is 16.6. The van der Waals surface area contributed by atoms with Gasteiger partial charge in [-0.2, -0.15) is 0 Å². The largest absolute Gasteiger partial charge is 0.392 e. The standard InChI is InChI=1S/C40H71N7O14/c1-30(2)36(39(52)46-34(5-4-12-44-40(42)53)38(51)45-32-8-6-31(29-48)7-9-32)47-37(50)33(41)10-13-43-35(49)11-14-55-17-18-57-21-22-59-25-26-61-28-27-60-24-23-58-20-19-56-16-15-54-3/h6-9,30,33-34,36,48H,4-5,10-29,41H2,1-3H3,(H,43,49)(H,45,51)(H,46,52)(H,47,50)(H3,42,44,53)/t33-,34-,36-/m0/s1. The number of amides is 6. The van der Waals surface area contributed by atoms with Gasteiger partial charge in [-0.1, -0.05) is 26.0 Å². The summed E-state index contributed by atoms with van der Waals surface area (Å²) < 4.78 is 42.9. The first kappa shape index (κ1) is 55.0. The number of methoxy groups -OCH3 is 1. The maximum absolute atomic E-state index is 13.4. The lowest BCUT2D eigenvalue weighted by atomic mass is 10.0. The first-order valence-electron chi connectivity index (χ1n) is 20.7. The summed E-state index contributed by atoms with van der Waals surface area (Å²) >= 11 is 0. The first-order valence-corrected chi connectivity index (χ1v) is 20.7. The summed E-state index contributed by atoms with van der Waals surface area (Å²) in [4.78, 5) is 62.9. The van der Waals surface area contributed by atoms with Gasteiger partial charge < -0.3 is 81.1 Å². The van der Waals surface area contributed by atoms with E-state index in [2.05, 4.69) is 26.6 Å². The van der Waals surface area contributed by atoms with E-state index in [9.17, 15) is 29.1 Å². The molecule has 1 aromatic carbocycles. The summed E-state index contributed by atoms with van der Waals surface area (Å²) in [6.45, 7) is 10.1. The Morgan fingerprint density at radius 1 is 0.623 bits per heavy atom. The second kappa shape index (κ2) is 36.6. The monoisotopic (exact) mass is 874 g/mol. The number of ether oxygens (including phenoxy) is 8. The van der Waals surface area contributed by atoms with Crippen LogP contribution in [0, 0.1) is 5.92 Å². The maximum atomic E-state index is 13.4. The topological polar surface area (TPSA) is 292 Å². The normalized spacial score (nSPS) is 12.7. The van der Waals surface area contributed by atoms with Crippen LogP contribution in [-0.2, 0) is 63.7 Å². The van der Waals surface area contributed by atoms with Gasteiger partial charge in [0.15, 0.2) is 0 Å². The van der Waals surface area contributed by atoms with Crippen LogP contribution in [0.1, 0.15) is 45.1 Å². The van der Waals surface area contributed by atoms with Gasteiger partial charge in [0.05, 0.1) is 112 Å². The number of benzene rings is 1. The van der Waals surface area contributed by atoms with Gasteiger partial charge in [0.2, 0.25) is 23.6 Å². The number of urea groups is 1. The molecule has 0 aromatic heterocycles. The van der Waals surface area contributed by atoms with Crippen LogP contribution in [0.25, 0.3) is 0 Å². The molecular formula is C40H71N7O14. The van der Waals surface area contributed by atoms with Crippen molar-refractivity contribution in [1.82, 2.24) is 21.3 Å². The highest BCUT2D eigenvalue weighted by Crippen LogP contribution is 2.12. The Balaban J connectivity index is 2.21. The minimum absolute atomic E-state index is 0.103. The van der Waals surface area contributed by atoms with Crippen molar-refractivity contribution in [3.63, 3.8) is 0 Å². The smallest absolute Gasteiger partial charge is 0.312 e. The summed E-state index contributed by atoms with van der Waals surface area (Å²) in [6, 6.07) is 2.74. The Morgan fingerprint density at radius 3 is 1.57 bits per heavy atom. The van der Waals surface area contributed by atoms with Crippen molar-refractivity contribution < 1.29 is 67.0 Å². The van der Waals surface area contributed by atoms with E-state index >= 15 is 0 Å². The molecule has 0 aliphatic rings. The van der Waals surface area contributed by atoms with Crippen LogP contribution in [0.3, 0.4) is 0 Å². The van der Waals surface area contributed by atoms with Gasteiger partial charge in [-0.05, 0) is 42.9 Å². The Bertz CT molecular complexity index is 1330. The molecular weight excluding hydrogens is 802 g/mol. The fourth-order valence-corrected chi connectivity index (χ4v) is 5.08. The fourth-order valence-electron chi connectivity index (χ4n) is 5.08. The van der Waals surface area contributed by atoms with E-state index in [4.69, 9.17) is 49.4 Å². The third-order valence-electron chi connectivity index (χ3n) is 8.50. The maximum Gasteiger partial charge on any atom is 0.312 e. The molecule has 0 bridgehead atoms. The molecule has 0 spiro atoms. The number of nitrogens with one attached hydrogen (secondary N) is 5. The van der Waals surface area contributed by atoms with Gasteiger partial charge in [-0.25, -0.2) is 4.79 Å². The minimum Gasteiger partial charge on any atom is -0.392 e. The Labute approximate surface area is 359 Å². The lowest BCUT2D eigenvalue weighted by Gasteiger charge is -2.26. The van der Waals surface area contributed by atoms with Crippen LogP contribution >= 0.6 is 0 Å². The molecule has 0 radical (unpaired) electrons. The number of hydrogen-bond acceptors (Lipinski definition) is 15. The van der Waals surface area contributed by atoms with E-state index in [0.29, 0.717) is 110 Å².